The molecule has 2 aromatic carbocycles. The fourth-order valence-corrected chi connectivity index (χ4v) is 2.46. The summed E-state index contributed by atoms with van der Waals surface area (Å²) in [4.78, 5) is 23.5. The van der Waals surface area contributed by atoms with E-state index >= 15 is 0 Å². The van der Waals surface area contributed by atoms with Gasteiger partial charge in [-0.1, -0.05) is 17.7 Å². The molecule has 1 heterocycles. The summed E-state index contributed by atoms with van der Waals surface area (Å²) >= 11 is 5.63. The molecule has 1 amide bonds. The summed E-state index contributed by atoms with van der Waals surface area (Å²) < 4.78 is 28.8. The molecule has 3 rings (SSSR count). The molecule has 0 aliphatic carbocycles. The lowest BCUT2D eigenvalue weighted by atomic mass is 10.2. The third-order valence-corrected chi connectivity index (χ3v) is 3.82. The second-order valence-corrected chi connectivity index (χ2v) is 5.93. The van der Waals surface area contributed by atoms with Gasteiger partial charge in [-0.05, 0) is 42.0 Å². The Morgan fingerprint density at radius 2 is 1.93 bits per heavy atom. The van der Waals surface area contributed by atoms with Crippen LogP contribution in [0.25, 0.3) is 6.08 Å². The first-order valence-electron chi connectivity index (χ1n) is 8.00. The van der Waals surface area contributed by atoms with E-state index in [4.69, 9.17) is 25.8 Å². The number of carbonyl (C=O) groups is 2. The van der Waals surface area contributed by atoms with Crippen molar-refractivity contribution < 1.29 is 28.2 Å². The van der Waals surface area contributed by atoms with Crippen LogP contribution >= 0.6 is 11.6 Å². The van der Waals surface area contributed by atoms with Crippen LogP contribution in [0, 0.1) is 5.82 Å². The van der Waals surface area contributed by atoms with Gasteiger partial charge in [-0.15, -0.1) is 0 Å². The second-order valence-electron chi connectivity index (χ2n) is 5.52. The Balaban J connectivity index is 1.49. The Morgan fingerprint density at radius 1 is 1.15 bits per heavy atom. The SMILES string of the molecule is O=C(COC(=O)/C=C/c1ccc2c(c1)OCCO2)Nc1ccc(F)c(Cl)c1. The number of hydrogen-bond acceptors (Lipinski definition) is 5. The molecule has 2 aromatic rings. The van der Waals surface area contributed by atoms with Crippen LogP contribution < -0.4 is 14.8 Å². The molecule has 0 atom stereocenters. The molecular formula is C19H15ClFNO5. The van der Waals surface area contributed by atoms with E-state index in [0.29, 0.717) is 30.4 Å². The van der Waals surface area contributed by atoms with Crippen LogP contribution in [-0.2, 0) is 14.3 Å². The fourth-order valence-electron chi connectivity index (χ4n) is 2.28. The molecule has 0 aromatic heterocycles. The molecule has 6 nitrogen and oxygen atoms in total. The minimum absolute atomic E-state index is 0.118. The van der Waals surface area contributed by atoms with Gasteiger partial charge in [0.15, 0.2) is 18.1 Å². The van der Waals surface area contributed by atoms with Gasteiger partial charge in [-0.3, -0.25) is 4.79 Å². The largest absolute Gasteiger partial charge is 0.486 e. The van der Waals surface area contributed by atoms with E-state index in [1.165, 1.54) is 24.3 Å². The summed E-state index contributed by atoms with van der Waals surface area (Å²) in [7, 11) is 0. The summed E-state index contributed by atoms with van der Waals surface area (Å²) in [6.07, 6.45) is 2.74. The van der Waals surface area contributed by atoms with Crippen molar-refractivity contribution in [3.8, 4) is 11.5 Å². The highest BCUT2D eigenvalue weighted by molar-refractivity contribution is 6.31. The Bertz CT molecular complexity index is 900. The van der Waals surface area contributed by atoms with E-state index in [0.717, 1.165) is 11.6 Å². The van der Waals surface area contributed by atoms with Crippen molar-refractivity contribution in [3.05, 3.63) is 58.9 Å². The molecule has 0 saturated heterocycles. The van der Waals surface area contributed by atoms with Crippen molar-refractivity contribution in [2.45, 2.75) is 0 Å². The number of benzene rings is 2. The zero-order valence-corrected chi connectivity index (χ0v) is 14.8. The van der Waals surface area contributed by atoms with E-state index in [1.54, 1.807) is 18.2 Å². The first-order valence-corrected chi connectivity index (χ1v) is 8.38. The molecule has 27 heavy (non-hydrogen) atoms. The number of halogens is 2. The number of anilines is 1. The Labute approximate surface area is 159 Å². The number of carbonyl (C=O) groups excluding carboxylic acids is 2. The number of rotatable bonds is 5. The van der Waals surface area contributed by atoms with Gasteiger partial charge < -0.3 is 19.5 Å². The van der Waals surface area contributed by atoms with Crippen LogP contribution in [0.1, 0.15) is 5.56 Å². The molecule has 1 N–H and O–H groups in total. The van der Waals surface area contributed by atoms with Gasteiger partial charge in [0.1, 0.15) is 19.0 Å². The van der Waals surface area contributed by atoms with E-state index in [2.05, 4.69) is 5.32 Å². The minimum atomic E-state index is -0.683. The number of amides is 1. The van der Waals surface area contributed by atoms with Crippen LogP contribution in [0.15, 0.2) is 42.5 Å². The Morgan fingerprint density at radius 3 is 2.70 bits per heavy atom. The lowest BCUT2D eigenvalue weighted by Crippen LogP contribution is -2.20. The minimum Gasteiger partial charge on any atom is -0.486 e. The smallest absolute Gasteiger partial charge is 0.331 e. The summed E-state index contributed by atoms with van der Waals surface area (Å²) in [6.45, 7) is 0.483. The quantitative estimate of drug-likeness (QED) is 0.624. The van der Waals surface area contributed by atoms with E-state index in [9.17, 15) is 14.0 Å². The highest BCUT2D eigenvalue weighted by atomic mass is 35.5. The van der Waals surface area contributed by atoms with Gasteiger partial charge in [0, 0.05) is 11.8 Å². The molecule has 140 valence electrons. The fraction of sp³-hybridized carbons (Fsp3) is 0.158. The highest BCUT2D eigenvalue weighted by Crippen LogP contribution is 2.31. The number of esters is 1. The Hall–Kier alpha value is -3.06. The number of hydrogen-bond donors (Lipinski definition) is 1. The van der Waals surface area contributed by atoms with Crippen LogP contribution in [0.3, 0.4) is 0 Å². The lowest BCUT2D eigenvalue weighted by Gasteiger charge is -2.18. The molecule has 0 unspecified atom stereocenters. The van der Waals surface area contributed by atoms with E-state index < -0.39 is 24.3 Å². The Kier molecular flexibility index (Phi) is 5.93. The topological polar surface area (TPSA) is 73.9 Å². The van der Waals surface area contributed by atoms with Crippen molar-refractivity contribution in [1.82, 2.24) is 0 Å². The normalized spacial score (nSPS) is 12.7. The molecule has 0 spiro atoms. The van der Waals surface area contributed by atoms with Crippen LogP contribution in [0.2, 0.25) is 5.02 Å². The molecular weight excluding hydrogens is 377 g/mol. The van der Waals surface area contributed by atoms with Gasteiger partial charge in [0.05, 0.1) is 5.02 Å². The van der Waals surface area contributed by atoms with Gasteiger partial charge >= 0.3 is 5.97 Å². The zero-order chi connectivity index (χ0) is 19.2. The predicted octanol–water partition coefficient (Wildman–Crippen LogP) is 3.45. The zero-order valence-electron chi connectivity index (χ0n) is 14.0. The van der Waals surface area contributed by atoms with Gasteiger partial charge in [-0.2, -0.15) is 0 Å². The summed E-state index contributed by atoms with van der Waals surface area (Å²) in [5.41, 5.74) is 1.02. The van der Waals surface area contributed by atoms with Crippen molar-refractivity contribution in [3.63, 3.8) is 0 Å². The van der Waals surface area contributed by atoms with Crippen LogP contribution in [-0.4, -0.2) is 31.7 Å². The summed E-state index contributed by atoms with van der Waals surface area (Å²) in [5.74, 6) is -0.589. The van der Waals surface area contributed by atoms with Crippen LogP contribution in [0.5, 0.6) is 11.5 Å². The van der Waals surface area contributed by atoms with Gasteiger partial charge in [-0.25, -0.2) is 9.18 Å². The molecule has 1 aliphatic rings. The first kappa shape index (κ1) is 18.7. The third kappa shape index (κ3) is 5.21. The number of ether oxygens (including phenoxy) is 3. The average molecular weight is 392 g/mol. The molecule has 0 saturated carbocycles. The highest BCUT2D eigenvalue weighted by Gasteiger charge is 2.11. The molecule has 0 fully saturated rings. The van der Waals surface area contributed by atoms with Crippen molar-refractivity contribution in [2.75, 3.05) is 25.1 Å². The third-order valence-electron chi connectivity index (χ3n) is 3.53. The van der Waals surface area contributed by atoms with E-state index in [-0.39, 0.29) is 5.02 Å². The number of nitrogens with one attached hydrogen (secondary N) is 1. The summed E-state index contributed by atoms with van der Waals surface area (Å²) in [5, 5.41) is 2.33. The van der Waals surface area contributed by atoms with Gasteiger partial charge in [0.2, 0.25) is 0 Å². The maximum Gasteiger partial charge on any atom is 0.331 e. The van der Waals surface area contributed by atoms with Crippen molar-refractivity contribution in [2.24, 2.45) is 0 Å². The lowest BCUT2D eigenvalue weighted by molar-refractivity contribution is -0.142. The monoisotopic (exact) mass is 391 g/mol. The average Bonchev–Trinajstić information content (AvgIpc) is 2.67. The molecule has 1 aliphatic heterocycles. The standard InChI is InChI=1S/C19H15ClFNO5/c20-14-10-13(3-4-15(14)21)22-18(23)11-27-19(24)6-2-12-1-5-16-17(9-12)26-8-7-25-16/h1-6,9-10H,7-8,11H2,(H,22,23)/b6-2+. The second kappa shape index (κ2) is 8.55. The maximum absolute atomic E-state index is 13.1. The molecule has 0 bridgehead atoms. The van der Waals surface area contributed by atoms with Crippen LogP contribution in [0.4, 0.5) is 10.1 Å². The predicted molar refractivity (Wildman–Crippen MR) is 97.5 cm³/mol. The summed E-state index contributed by atoms with van der Waals surface area (Å²) in [6, 6.07) is 8.99. The molecule has 8 heteroatoms. The maximum atomic E-state index is 13.1. The first-order chi connectivity index (χ1) is 13.0. The van der Waals surface area contributed by atoms with E-state index in [1.807, 2.05) is 0 Å². The van der Waals surface area contributed by atoms with Gasteiger partial charge in [0.25, 0.3) is 5.91 Å². The van der Waals surface area contributed by atoms with Crippen molar-refractivity contribution in [1.29, 1.82) is 0 Å². The molecule has 0 radical (unpaired) electrons. The van der Waals surface area contributed by atoms with Crippen molar-refractivity contribution >= 4 is 35.2 Å². The number of fused-ring (bicyclic) bond motifs is 1.